The van der Waals surface area contributed by atoms with Gasteiger partial charge in [0.1, 0.15) is 146 Å². The second-order valence-corrected chi connectivity index (χ2v) is 17.0. The van der Waals surface area contributed by atoms with Gasteiger partial charge in [0.05, 0.1) is 39.6 Å². The number of hydrogen-bond donors (Lipinski definition) is 19. The van der Waals surface area contributed by atoms with Crippen molar-refractivity contribution in [3.63, 3.8) is 0 Å². The fourth-order valence-corrected chi connectivity index (χ4v) is 8.80. The molecule has 0 bridgehead atoms. The highest BCUT2D eigenvalue weighted by molar-refractivity contribution is 5.00. The molecule has 6 saturated heterocycles. The van der Waals surface area contributed by atoms with Crippen molar-refractivity contribution in [2.45, 2.75) is 184 Å². The average molecular weight is 1000 g/mol. The van der Waals surface area contributed by atoms with Crippen molar-refractivity contribution in [3.8, 4) is 0 Å². The monoisotopic (exact) mass is 1000 g/mol. The Morgan fingerprint density at radius 3 is 0.676 bits per heavy atom. The molecule has 0 amide bonds. The molecule has 0 radical (unpaired) electrons. The summed E-state index contributed by atoms with van der Waals surface area (Å²) >= 11 is 0. The van der Waals surface area contributed by atoms with Crippen molar-refractivity contribution >= 4 is 0 Å². The van der Waals surface area contributed by atoms with E-state index in [1.165, 1.54) is 7.11 Å². The molecule has 68 heavy (non-hydrogen) atoms. The van der Waals surface area contributed by atoms with Crippen LogP contribution in [-0.2, 0) is 56.8 Å². The van der Waals surface area contributed by atoms with Crippen molar-refractivity contribution in [1.82, 2.24) is 0 Å². The smallest absolute Gasteiger partial charge is 0.187 e. The molecule has 6 heterocycles. The number of hydrogen-bond acceptors (Lipinski definition) is 31. The number of aliphatic hydroxyl groups is 19. The Morgan fingerprint density at radius 1 is 0.265 bits per heavy atom. The van der Waals surface area contributed by atoms with Crippen LogP contribution in [0.15, 0.2) is 0 Å². The highest BCUT2D eigenvalue weighted by Gasteiger charge is 2.57. The molecule has 6 rings (SSSR count). The van der Waals surface area contributed by atoms with Crippen molar-refractivity contribution in [2.24, 2.45) is 0 Å². The molecular formula is C37H64O31. The standard InChI is InChI=1S/C37H64O31/c1-57-26-8(2-38)59-33(21(51)15(26)45)65-28-10(4-40)61-35(23(53)17(28)47)67-30-12(6-42)63-37(25(55)19(30)49)68-31-13(7-43)62-36(24(54)18(31)48)66-29-11(5-41)60-34(22(52)16(29)46)64-27-9(3-39)58-32(56)20(50)14(27)44/h8-56H,2-7H2,1H3. The Bertz CT molecular complexity index is 1510. The fraction of sp³-hybridized carbons (Fsp3) is 1.00. The zero-order chi connectivity index (χ0) is 50.0. The number of methoxy groups -OCH3 is 1. The lowest BCUT2D eigenvalue weighted by Gasteiger charge is -2.49. The van der Waals surface area contributed by atoms with E-state index < -0.39 is 224 Å². The van der Waals surface area contributed by atoms with Crippen LogP contribution in [0.3, 0.4) is 0 Å². The topological polar surface area (TPSA) is 495 Å². The predicted octanol–water partition coefficient (Wildman–Crippen LogP) is -13.4. The summed E-state index contributed by atoms with van der Waals surface area (Å²) < 4.78 is 66.0. The molecule has 6 fully saturated rings. The zero-order valence-corrected chi connectivity index (χ0v) is 36.0. The predicted molar refractivity (Wildman–Crippen MR) is 204 cm³/mol. The first-order chi connectivity index (χ1) is 32.3. The molecule has 0 spiro atoms. The van der Waals surface area contributed by atoms with Gasteiger partial charge in [0.25, 0.3) is 0 Å². The summed E-state index contributed by atoms with van der Waals surface area (Å²) in [6.45, 7) is -5.48. The third-order valence-electron chi connectivity index (χ3n) is 12.7. The molecule has 0 aromatic carbocycles. The van der Waals surface area contributed by atoms with Crippen LogP contribution >= 0.6 is 0 Å². The summed E-state index contributed by atoms with van der Waals surface area (Å²) in [4.78, 5) is 0. The molecular weight excluding hydrogens is 940 g/mol. The lowest BCUT2D eigenvalue weighted by Crippen LogP contribution is -2.68. The van der Waals surface area contributed by atoms with Gasteiger partial charge in [0.15, 0.2) is 37.7 Å². The Labute approximate surface area is 384 Å². The summed E-state index contributed by atoms with van der Waals surface area (Å²) in [6.07, 6.45) is -55.0. The average Bonchev–Trinajstić information content (AvgIpc) is 3.33. The van der Waals surface area contributed by atoms with E-state index in [4.69, 9.17) is 56.8 Å². The minimum atomic E-state index is -2.17. The molecule has 0 aliphatic carbocycles. The first kappa shape index (κ1) is 56.1. The van der Waals surface area contributed by atoms with Crippen molar-refractivity contribution in [3.05, 3.63) is 0 Å². The molecule has 31 nitrogen and oxygen atoms in total. The molecule has 6 aliphatic heterocycles. The van der Waals surface area contributed by atoms with Crippen LogP contribution in [0.25, 0.3) is 0 Å². The zero-order valence-electron chi connectivity index (χ0n) is 36.0. The van der Waals surface area contributed by atoms with Gasteiger partial charge >= 0.3 is 0 Å². The molecule has 0 aromatic heterocycles. The first-order valence-electron chi connectivity index (χ1n) is 21.5. The lowest BCUT2D eigenvalue weighted by atomic mass is 9.95. The number of rotatable bonds is 17. The van der Waals surface area contributed by atoms with E-state index in [1.54, 1.807) is 0 Å². The fourth-order valence-electron chi connectivity index (χ4n) is 8.80. The van der Waals surface area contributed by atoms with Gasteiger partial charge in [0, 0.05) is 7.11 Å². The van der Waals surface area contributed by atoms with Gasteiger partial charge < -0.3 is 154 Å². The minimum absolute atomic E-state index is 0.693. The molecule has 6 aliphatic rings. The number of ether oxygens (including phenoxy) is 12. The maximum Gasteiger partial charge on any atom is 0.187 e. The van der Waals surface area contributed by atoms with Crippen LogP contribution in [0.2, 0.25) is 0 Å². The Hall–Kier alpha value is -1.24. The highest BCUT2D eigenvalue weighted by atomic mass is 16.8. The van der Waals surface area contributed by atoms with E-state index in [-0.39, 0.29) is 0 Å². The van der Waals surface area contributed by atoms with Gasteiger partial charge in [0.2, 0.25) is 0 Å². The van der Waals surface area contributed by atoms with Crippen molar-refractivity contribution in [2.75, 3.05) is 46.8 Å². The third kappa shape index (κ3) is 11.3. The van der Waals surface area contributed by atoms with Gasteiger partial charge in [-0.05, 0) is 0 Å². The summed E-state index contributed by atoms with van der Waals surface area (Å²) in [6, 6.07) is 0. The van der Waals surface area contributed by atoms with Crippen LogP contribution < -0.4 is 0 Å². The molecule has 398 valence electrons. The van der Waals surface area contributed by atoms with E-state index in [9.17, 15) is 97.0 Å². The third-order valence-corrected chi connectivity index (χ3v) is 12.7. The van der Waals surface area contributed by atoms with Crippen LogP contribution in [0.5, 0.6) is 0 Å². The summed E-state index contributed by atoms with van der Waals surface area (Å²) in [5, 5.41) is 200. The van der Waals surface area contributed by atoms with Crippen LogP contribution in [0.1, 0.15) is 0 Å². The Morgan fingerprint density at radius 2 is 0.456 bits per heavy atom. The summed E-state index contributed by atoms with van der Waals surface area (Å²) in [5.41, 5.74) is 0. The molecule has 30 unspecified atom stereocenters. The van der Waals surface area contributed by atoms with Crippen molar-refractivity contribution in [1.29, 1.82) is 0 Å². The first-order valence-corrected chi connectivity index (χ1v) is 21.5. The van der Waals surface area contributed by atoms with Crippen LogP contribution in [0.4, 0.5) is 0 Å². The normalized spacial score (nSPS) is 52.8. The van der Waals surface area contributed by atoms with Gasteiger partial charge in [-0.15, -0.1) is 0 Å². The lowest BCUT2D eigenvalue weighted by molar-refractivity contribution is -0.396. The minimum Gasteiger partial charge on any atom is -0.394 e. The van der Waals surface area contributed by atoms with Crippen molar-refractivity contribution < 1.29 is 154 Å². The van der Waals surface area contributed by atoms with Crippen LogP contribution in [0, 0.1) is 0 Å². The van der Waals surface area contributed by atoms with Gasteiger partial charge in [-0.3, -0.25) is 0 Å². The van der Waals surface area contributed by atoms with E-state index in [0.29, 0.717) is 0 Å². The summed E-state index contributed by atoms with van der Waals surface area (Å²) in [7, 11) is 1.19. The SMILES string of the molecule is COC1C(CO)OC(OC2C(CO)OC(OC3C(CO)OC(OC4C(CO)OC(OC5C(CO)OC(OC6C(CO)OC(O)C(O)C6O)C(O)C5O)C(O)C4O)C(O)C3O)C(O)C2O)C(O)C1O. The molecule has 31 heteroatoms. The Kier molecular flexibility index (Phi) is 19.9. The summed E-state index contributed by atoms with van der Waals surface area (Å²) in [5.74, 6) is 0. The molecule has 30 atom stereocenters. The number of aliphatic hydroxyl groups excluding tert-OH is 19. The maximum atomic E-state index is 11.2. The highest BCUT2D eigenvalue weighted by Crippen LogP contribution is 2.36. The van der Waals surface area contributed by atoms with Gasteiger partial charge in [-0.1, -0.05) is 0 Å². The second-order valence-electron chi connectivity index (χ2n) is 17.0. The molecule has 0 aromatic rings. The van der Waals surface area contributed by atoms with E-state index in [1.807, 2.05) is 0 Å². The Balaban J connectivity index is 1.07. The molecule has 0 saturated carbocycles. The largest absolute Gasteiger partial charge is 0.394 e. The van der Waals surface area contributed by atoms with Gasteiger partial charge in [-0.25, -0.2) is 0 Å². The van der Waals surface area contributed by atoms with E-state index >= 15 is 0 Å². The second kappa shape index (κ2) is 24.2. The maximum absolute atomic E-state index is 11.2. The van der Waals surface area contributed by atoms with Gasteiger partial charge in [-0.2, -0.15) is 0 Å². The van der Waals surface area contributed by atoms with E-state index in [2.05, 4.69) is 0 Å². The van der Waals surface area contributed by atoms with E-state index in [0.717, 1.165) is 0 Å². The quantitative estimate of drug-likeness (QED) is 0.0643. The van der Waals surface area contributed by atoms with Crippen LogP contribution in [-0.4, -0.2) is 328 Å². The molecule has 19 N–H and O–H groups in total.